The van der Waals surface area contributed by atoms with Gasteiger partial charge >= 0.3 is 0 Å². The molecule has 0 aliphatic carbocycles. The lowest BCUT2D eigenvalue weighted by Crippen LogP contribution is -2.46. The van der Waals surface area contributed by atoms with Crippen molar-refractivity contribution in [3.05, 3.63) is 62.5 Å². The number of rotatable bonds is 3. The summed E-state index contributed by atoms with van der Waals surface area (Å²) in [7, 11) is 0. The Morgan fingerprint density at radius 3 is 2.81 bits per heavy atom. The molecule has 0 radical (unpaired) electrons. The molecule has 2 N–H and O–H groups in total. The second kappa shape index (κ2) is 8.22. The number of hydrogen-bond donors (Lipinski definition) is 2. The van der Waals surface area contributed by atoms with Crippen LogP contribution in [0.1, 0.15) is 23.1 Å². The van der Waals surface area contributed by atoms with E-state index in [9.17, 15) is 4.79 Å². The number of aromatic nitrogens is 2. The molecular weight excluding hydrogens is 412 g/mol. The summed E-state index contributed by atoms with van der Waals surface area (Å²) in [6.45, 7) is 5.15. The van der Waals surface area contributed by atoms with Gasteiger partial charge in [0.2, 0.25) is 0 Å². The van der Waals surface area contributed by atoms with Crippen molar-refractivity contribution in [2.75, 3.05) is 42.9 Å². The summed E-state index contributed by atoms with van der Waals surface area (Å²) in [6, 6.07) is 10.1. The van der Waals surface area contributed by atoms with Crippen molar-refractivity contribution in [3.8, 4) is 6.07 Å². The Balaban J connectivity index is 1.29. The molecule has 1 fully saturated rings. The molecule has 4 heterocycles. The minimum atomic E-state index is 0.0206. The summed E-state index contributed by atoms with van der Waals surface area (Å²) >= 11 is 6.32. The molecule has 7 nitrogen and oxygen atoms in total. The van der Waals surface area contributed by atoms with Crippen LogP contribution in [-0.2, 0) is 13.0 Å². The molecule has 1 saturated heterocycles. The highest BCUT2D eigenvalue weighted by atomic mass is 35.5. The highest BCUT2D eigenvalue weighted by Crippen LogP contribution is 2.29. The fourth-order valence-electron chi connectivity index (χ4n) is 4.50. The minimum Gasteiger partial charge on any atom is -0.384 e. The van der Waals surface area contributed by atoms with Crippen molar-refractivity contribution in [2.24, 2.45) is 0 Å². The molecule has 0 atom stereocenters. The van der Waals surface area contributed by atoms with Crippen LogP contribution in [-0.4, -0.2) is 47.6 Å². The summed E-state index contributed by atoms with van der Waals surface area (Å²) in [6.07, 6.45) is 3.39. The number of fused-ring (bicyclic) bond motifs is 3. The third kappa shape index (κ3) is 3.85. The molecule has 158 valence electrons. The van der Waals surface area contributed by atoms with Crippen molar-refractivity contribution < 1.29 is 0 Å². The molecule has 3 aromatic rings. The highest BCUT2D eigenvalue weighted by molar-refractivity contribution is 6.33. The van der Waals surface area contributed by atoms with E-state index in [2.05, 4.69) is 49.4 Å². The zero-order valence-corrected chi connectivity index (χ0v) is 17.9. The molecule has 2 aliphatic rings. The smallest absolute Gasteiger partial charge is 0.253 e. The van der Waals surface area contributed by atoms with E-state index in [-0.39, 0.29) is 5.56 Å². The number of hydrogen-bond acceptors (Lipinski definition) is 6. The molecule has 0 spiro atoms. The number of aromatic amines is 1. The monoisotopic (exact) mass is 434 g/mol. The number of anilines is 2. The zero-order valence-electron chi connectivity index (χ0n) is 17.1. The first kappa shape index (κ1) is 19.9. The van der Waals surface area contributed by atoms with Crippen LogP contribution >= 0.6 is 11.6 Å². The van der Waals surface area contributed by atoms with Gasteiger partial charge in [-0.25, -0.2) is 4.98 Å². The SMILES string of the molecule is N#Cc1cnc(N2CCN(Cc3ccc4c5c(c(=O)[nH]c4c3)CCCN5)CC2)c(Cl)c1. The number of halogens is 1. The van der Waals surface area contributed by atoms with Gasteiger partial charge in [-0.1, -0.05) is 23.7 Å². The number of pyridine rings is 2. The van der Waals surface area contributed by atoms with Gasteiger partial charge in [0.1, 0.15) is 11.9 Å². The van der Waals surface area contributed by atoms with Gasteiger partial charge in [-0.15, -0.1) is 0 Å². The first-order valence-electron chi connectivity index (χ1n) is 10.6. The average molecular weight is 435 g/mol. The Morgan fingerprint density at radius 1 is 1.19 bits per heavy atom. The average Bonchev–Trinajstić information content (AvgIpc) is 2.80. The fraction of sp³-hybridized carbons (Fsp3) is 0.348. The van der Waals surface area contributed by atoms with Crippen LogP contribution in [0.25, 0.3) is 10.9 Å². The van der Waals surface area contributed by atoms with Gasteiger partial charge in [-0.3, -0.25) is 9.69 Å². The molecule has 1 aromatic carbocycles. The summed E-state index contributed by atoms with van der Waals surface area (Å²) in [4.78, 5) is 24.5. The maximum absolute atomic E-state index is 12.5. The van der Waals surface area contributed by atoms with Crippen LogP contribution in [0.15, 0.2) is 35.3 Å². The predicted molar refractivity (Wildman–Crippen MR) is 123 cm³/mol. The second-order valence-electron chi connectivity index (χ2n) is 8.12. The van der Waals surface area contributed by atoms with Crippen molar-refractivity contribution in [3.63, 3.8) is 0 Å². The van der Waals surface area contributed by atoms with E-state index in [1.165, 1.54) is 5.56 Å². The van der Waals surface area contributed by atoms with Crippen LogP contribution in [0.2, 0.25) is 5.02 Å². The van der Waals surface area contributed by atoms with Gasteiger partial charge in [-0.05, 0) is 30.5 Å². The Kier molecular flexibility index (Phi) is 5.26. The summed E-state index contributed by atoms with van der Waals surface area (Å²) in [5, 5.41) is 14.0. The molecule has 0 unspecified atom stereocenters. The van der Waals surface area contributed by atoms with Gasteiger partial charge < -0.3 is 15.2 Å². The van der Waals surface area contributed by atoms with E-state index in [1.54, 1.807) is 12.3 Å². The topological polar surface area (TPSA) is 88.1 Å². The summed E-state index contributed by atoms with van der Waals surface area (Å²) in [5.41, 5.74) is 4.44. The maximum Gasteiger partial charge on any atom is 0.253 e. The summed E-state index contributed by atoms with van der Waals surface area (Å²) in [5.74, 6) is 0.737. The predicted octanol–water partition coefficient (Wildman–Crippen LogP) is 3.13. The minimum absolute atomic E-state index is 0.0206. The van der Waals surface area contributed by atoms with E-state index < -0.39 is 0 Å². The van der Waals surface area contributed by atoms with Gasteiger partial charge in [0.25, 0.3) is 5.56 Å². The Hall–Kier alpha value is -3.08. The first-order valence-corrected chi connectivity index (χ1v) is 10.9. The quantitative estimate of drug-likeness (QED) is 0.658. The molecule has 2 aliphatic heterocycles. The third-order valence-electron chi connectivity index (χ3n) is 6.11. The van der Waals surface area contributed by atoms with Crippen molar-refractivity contribution >= 4 is 34.0 Å². The number of benzene rings is 1. The largest absolute Gasteiger partial charge is 0.384 e. The van der Waals surface area contributed by atoms with Gasteiger partial charge in [0, 0.05) is 56.4 Å². The lowest BCUT2D eigenvalue weighted by Gasteiger charge is -2.35. The van der Waals surface area contributed by atoms with E-state index in [0.717, 1.165) is 80.1 Å². The number of H-pyrrole nitrogens is 1. The van der Waals surface area contributed by atoms with E-state index in [4.69, 9.17) is 16.9 Å². The summed E-state index contributed by atoms with van der Waals surface area (Å²) < 4.78 is 0. The second-order valence-corrected chi connectivity index (χ2v) is 8.53. The Bertz CT molecular complexity index is 1240. The number of piperazine rings is 1. The number of nitrogens with one attached hydrogen (secondary N) is 2. The van der Waals surface area contributed by atoms with Gasteiger partial charge in [0.15, 0.2) is 0 Å². The van der Waals surface area contributed by atoms with Crippen LogP contribution in [0, 0.1) is 11.3 Å². The standard InChI is InChI=1S/C23H23ClN6O/c24-19-10-16(12-25)13-27-22(19)30-8-6-29(7-9-30)14-15-3-4-17-20(11-15)28-23(31)18-2-1-5-26-21(17)18/h3-4,10-11,13,26H,1-2,5-9,14H2,(H,28,31). The maximum atomic E-state index is 12.5. The molecule has 5 rings (SSSR count). The molecule has 2 aromatic heterocycles. The van der Waals surface area contributed by atoms with E-state index in [1.807, 2.05) is 0 Å². The highest BCUT2D eigenvalue weighted by Gasteiger charge is 2.21. The first-order chi connectivity index (χ1) is 15.1. The van der Waals surface area contributed by atoms with Crippen molar-refractivity contribution in [1.29, 1.82) is 5.26 Å². The fourth-order valence-corrected chi connectivity index (χ4v) is 4.79. The lowest BCUT2D eigenvalue weighted by molar-refractivity contribution is 0.249. The molecular formula is C23H23ClN6O. The van der Waals surface area contributed by atoms with Crippen LogP contribution < -0.4 is 15.8 Å². The van der Waals surface area contributed by atoms with Gasteiger partial charge in [-0.2, -0.15) is 5.26 Å². The Labute approximate surface area is 185 Å². The van der Waals surface area contributed by atoms with E-state index >= 15 is 0 Å². The lowest BCUT2D eigenvalue weighted by atomic mass is 10.0. The van der Waals surface area contributed by atoms with Crippen LogP contribution in [0.4, 0.5) is 11.5 Å². The molecule has 8 heteroatoms. The van der Waals surface area contributed by atoms with Crippen molar-refractivity contribution in [1.82, 2.24) is 14.9 Å². The molecule has 0 saturated carbocycles. The molecule has 31 heavy (non-hydrogen) atoms. The van der Waals surface area contributed by atoms with Crippen molar-refractivity contribution in [2.45, 2.75) is 19.4 Å². The third-order valence-corrected chi connectivity index (χ3v) is 6.39. The van der Waals surface area contributed by atoms with Gasteiger partial charge in [0.05, 0.1) is 21.8 Å². The van der Waals surface area contributed by atoms with E-state index in [0.29, 0.717) is 10.6 Å². The number of nitrogens with zero attached hydrogens (tertiary/aromatic N) is 4. The Morgan fingerprint density at radius 2 is 2.03 bits per heavy atom. The molecule has 0 bridgehead atoms. The normalized spacial score (nSPS) is 16.6. The number of nitriles is 1. The molecule has 0 amide bonds. The van der Waals surface area contributed by atoms with Crippen LogP contribution in [0.5, 0.6) is 0 Å². The van der Waals surface area contributed by atoms with Crippen LogP contribution in [0.3, 0.4) is 0 Å². The zero-order chi connectivity index (χ0) is 21.4.